The van der Waals surface area contributed by atoms with Crippen LogP contribution in [-0.4, -0.2) is 21.4 Å². The van der Waals surface area contributed by atoms with E-state index in [9.17, 15) is 15.3 Å². The molecule has 0 aliphatic heterocycles. The second-order valence-electron chi connectivity index (χ2n) is 8.66. The third kappa shape index (κ3) is 1.66. The minimum Gasteiger partial charge on any atom is -0.508 e. The molecule has 122 valence electrons. The Bertz CT molecular complexity index is 551. The van der Waals surface area contributed by atoms with E-state index in [1.54, 1.807) is 0 Å². The highest BCUT2D eigenvalue weighted by molar-refractivity contribution is 5.25. The van der Waals surface area contributed by atoms with Crippen LogP contribution in [0.2, 0.25) is 0 Å². The minimum atomic E-state index is -0.880. The van der Waals surface area contributed by atoms with Crippen molar-refractivity contribution in [1.82, 2.24) is 0 Å². The summed E-state index contributed by atoms with van der Waals surface area (Å²) in [5.74, 6) is 1.83. The van der Waals surface area contributed by atoms with Gasteiger partial charge in [0.1, 0.15) is 11.9 Å². The molecule has 0 aromatic rings. The van der Waals surface area contributed by atoms with Gasteiger partial charge in [-0.3, -0.25) is 0 Å². The molecule has 3 heteroatoms. The van der Waals surface area contributed by atoms with Crippen molar-refractivity contribution < 1.29 is 15.3 Å². The smallest absolute Gasteiger partial charge is 0.159 e. The summed E-state index contributed by atoms with van der Waals surface area (Å²) in [4.78, 5) is 0. The first-order valence-electron chi connectivity index (χ1n) is 8.85. The molecule has 2 fully saturated rings. The summed E-state index contributed by atoms with van der Waals surface area (Å²) >= 11 is 0. The van der Waals surface area contributed by atoms with Gasteiger partial charge in [-0.25, -0.2) is 0 Å². The lowest BCUT2D eigenvalue weighted by Crippen LogP contribution is -2.54. The van der Waals surface area contributed by atoms with Crippen molar-refractivity contribution in [3.63, 3.8) is 0 Å². The van der Waals surface area contributed by atoms with Gasteiger partial charge in [-0.15, -0.1) is 0 Å². The van der Waals surface area contributed by atoms with Gasteiger partial charge in [0.05, 0.1) is 0 Å². The zero-order chi connectivity index (χ0) is 15.7. The van der Waals surface area contributed by atoms with Gasteiger partial charge in [0.2, 0.25) is 0 Å². The molecule has 0 aromatic heterocycles. The molecule has 0 amide bonds. The van der Waals surface area contributed by atoms with Crippen LogP contribution in [0.3, 0.4) is 0 Å². The van der Waals surface area contributed by atoms with E-state index in [2.05, 4.69) is 26.0 Å². The molecule has 0 radical (unpaired) electrons. The fourth-order valence-corrected chi connectivity index (χ4v) is 6.40. The van der Waals surface area contributed by atoms with Crippen molar-refractivity contribution >= 4 is 0 Å². The average Bonchev–Trinajstić information content (AvgIpc) is 2.89. The summed E-state index contributed by atoms with van der Waals surface area (Å²) in [5, 5.41) is 30.9. The topological polar surface area (TPSA) is 60.7 Å². The van der Waals surface area contributed by atoms with E-state index >= 15 is 0 Å². The highest BCUT2D eigenvalue weighted by Gasteiger charge is 2.59. The van der Waals surface area contributed by atoms with E-state index in [-0.39, 0.29) is 22.9 Å². The second kappa shape index (κ2) is 4.53. The number of hydrogen-bond donors (Lipinski definition) is 3. The molecule has 3 nitrogen and oxygen atoms in total. The highest BCUT2D eigenvalue weighted by atomic mass is 16.3. The fourth-order valence-electron chi connectivity index (χ4n) is 6.40. The van der Waals surface area contributed by atoms with Gasteiger partial charge in [0.15, 0.2) is 5.76 Å². The van der Waals surface area contributed by atoms with Crippen molar-refractivity contribution in [1.29, 1.82) is 0 Å². The monoisotopic (exact) mass is 304 g/mol. The molecule has 4 rings (SSSR count). The largest absolute Gasteiger partial charge is 0.508 e. The summed E-state index contributed by atoms with van der Waals surface area (Å²) < 4.78 is 0. The Balaban J connectivity index is 1.75. The molecule has 7 atom stereocenters. The summed E-state index contributed by atoms with van der Waals surface area (Å²) in [5.41, 5.74) is 0.0455. The zero-order valence-corrected chi connectivity index (χ0v) is 13.6. The standard InChI is InChI=1S/C19H28O3/c1-18-8-3-4-13(18)12-6-5-11-10-15(20)16(21)17(22)19(11,2)14(12)7-9-18/h3-4,11-15,20-22H,5-10H2,1-2H3/t11-,12+,13+,14+,15?,18+,19+/m1/s1. The average molecular weight is 304 g/mol. The van der Waals surface area contributed by atoms with E-state index in [0.29, 0.717) is 29.6 Å². The molecular formula is C19H28O3. The van der Waals surface area contributed by atoms with Crippen molar-refractivity contribution in [2.45, 2.75) is 58.5 Å². The molecule has 1 unspecified atom stereocenters. The molecule has 4 aliphatic carbocycles. The van der Waals surface area contributed by atoms with Crippen molar-refractivity contribution in [2.75, 3.05) is 0 Å². The lowest BCUT2D eigenvalue weighted by atomic mass is 9.46. The molecule has 22 heavy (non-hydrogen) atoms. The van der Waals surface area contributed by atoms with E-state index < -0.39 is 6.10 Å². The fraction of sp³-hybridized carbons (Fsp3) is 0.789. The van der Waals surface area contributed by atoms with Gasteiger partial charge in [-0.2, -0.15) is 0 Å². The van der Waals surface area contributed by atoms with Crippen LogP contribution in [0, 0.1) is 34.5 Å². The molecule has 0 saturated heterocycles. The normalized spacial score (nSPS) is 53.9. The van der Waals surface area contributed by atoms with E-state index in [0.717, 1.165) is 12.8 Å². The van der Waals surface area contributed by atoms with Crippen LogP contribution in [0.4, 0.5) is 0 Å². The molecule has 2 saturated carbocycles. The molecule has 3 N–H and O–H groups in total. The van der Waals surface area contributed by atoms with Gasteiger partial charge >= 0.3 is 0 Å². The van der Waals surface area contributed by atoms with Crippen LogP contribution in [0.25, 0.3) is 0 Å². The Kier molecular flexibility index (Phi) is 3.01. The maximum Gasteiger partial charge on any atom is 0.159 e. The number of aliphatic hydroxyl groups is 3. The first-order chi connectivity index (χ1) is 10.4. The van der Waals surface area contributed by atoms with E-state index in [1.807, 2.05) is 0 Å². The van der Waals surface area contributed by atoms with Crippen molar-refractivity contribution in [2.24, 2.45) is 34.5 Å². The SMILES string of the molecule is C[C@@]12CC=C[C@H]1[C@@H]1CC[C@@H]3CC(O)C(O)=C(O)[C@]3(C)[C@H]1CC2. The third-order valence-corrected chi connectivity index (χ3v) is 7.78. The lowest BCUT2D eigenvalue weighted by Gasteiger charge is -2.59. The van der Waals surface area contributed by atoms with Crippen LogP contribution < -0.4 is 0 Å². The first kappa shape index (κ1) is 14.6. The Morgan fingerprint density at radius 2 is 1.91 bits per heavy atom. The van der Waals surface area contributed by atoms with Crippen LogP contribution in [-0.2, 0) is 0 Å². The van der Waals surface area contributed by atoms with Gasteiger partial charge in [0.25, 0.3) is 0 Å². The maximum atomic E-state index is 10.7. The molecule has 0 heterocycles. The maximum absolute atomic E-state index is 10.7. The number of fused-ring (bicyclic) bond motifs is 5. The summed E-state index contributed by atoms with van der Waals surface area (Å²) in [7, 11) is 0. The molecule has 0 bridgehead atoms. The van der Waals surface area contributed by atoms with Crippen molar-refractivity contribution in [3.05, 3.63) is 23.7 Å². The number of hydrogen-bond acceptors (Lipinski definition) is 3. The van der Waals surface area contributed by atoms with E-state index in [4.69, 9.17) is 0 Å². The first-order valence-corrected chi connectivity index (χ1v) is 8.85. The predicted octanol–water partition coefficient (Wildman–Crippen LogP) is 4.10. The predicted molar refractivity (Wildman–Crippen MR) is 85.3 cm³/mol. The Morgan fingerprint density at radius 3 is 2.68 bits per heavy atom. The van der Waals surface area contributed by atoms with Crippen LogP contribution in [0.1, 0.15) is 52.4 Å². The highest BCUT2D eigenvalue weighted by Crippen LogP contribution is 2.65. The third-order valence-electron chi connectivity index (χ3n) is 7.78. The summed E-state index contributed by atoms with van der Waals surface area (Å²) in [6, 6.07) is 0. The van der Waals surface area contributed by atoms with Crippen LogP contribution in [0.15, 0.2) is 23.7 Å². The van der Waals surface area contributed by atoms with Crippen molar-refractivity contribution in [3.8, 4) is 0 Å². The Labute approximate surface area is 132 Å². The number of allylic oxidation sites excluding steroid dienone is 3. The molecule has 0 spiro atoms. The van der Waals surface area contributed by atoms with Crippen LogP contribution >= 0.6 is 0 Å². The Morgan fingerprint density at radius 1 is 1.14 bits per heavy atom. The molecule has 4 aliphatic rings. The van der Waals surface area contributed by atoms with Gasteiger partial charge in [-0.1, -0.05) is 26.0 Å². The Hall–Kier alpha value is -0.960. The minimum absolute atomic E-state index is 0.0801. The summed E-state index contributed by atoms with van der Waals surface area (Å²) in [6.07, 6.45) is 10.2. The zero-order valence-electron chi connectivity index (χ0n) is 13.6. The second-order valence-corrected chi connectivity index (χ2v) is 8.66. The van der Waals surface area contributed by atoms with Gasteiger partial charge < -0.3 is 15.3 Å². The molecular weight excluding hydrogens is 276 g/mol. The molecule has 0 aromatic carbocycles. The quantitative estimate of drug-likeness (QED) is 0.590. The van der Waals surface area contributed by atoms with Gasteiger partial charge in [-0.05, 0) is 67.6 Å². The number of aliphatic hydroxyl groups excluding tert-OH is 3. The van der Waals surface area contributed by atoms with Crippen LogP contribution in [0.5, 0.6) is 0 Å². The number of rotatable bonds is 0. The van der Waals surface area contributed by atoms with Gasteiger partial charge in [0, 0.05) is 5.41 Å². The van der Waals surface area contributed by atoms with E-state index in [1.165, 1.54) is 19.3 Å². The lowest BCUT2D eigenvalue weighted by molar-refractivity contribution is -0.101. The summed E-state index contributed by atoms with van der Waals surface area (Å²) in [6.45, 7) is 4.55.